The number of nitrogens with two attached hydrogens (primary N) is 1. The van der Waals surface area contributed by atoms with E-state index < -0.39 is 17.4 Å². The van der Waals surface area contributed by atoms with Crippen molar-refractivity contribution in [2.24, 2.45) is 5.73 Å². The molecule has 202 valence electrons. The molecule has 3 N–H and O–H groups in total. The van der Waals surface area contributed by atoms with Gasteiger partial charge in [-0.05, 0) is 103 Å². The normalized spacial score (nSPS) is 21.3. The largest absolute Gasteiger partial charge is 0.352 e. The van der Waals surface area contributed by atoms with Crippen LogP contribution in [0.2, 0.25) is 0 Å². The first-order valence-corrected chi connectivity index (χ1v) is 15.3. The number of benzene rings is 1. The zero-order valence-electron chi connectivity index (χ0n) is 20.9. The van der Waals surface area contributed by atoms with Crippen molar-refractivity contribution in [3.05, 3.63) is 72.3 Å². The molecule has 11 heteroatoms. The quantitative estimate of drug-likeness (QED) is 0.395. The van der Waals surface area contributed by atoms with Crippen LogP contribution in [0.5, 0.6) is 0 Å². The van der Waals surface area contributed by atoms with Crippen LogP contribution in [0, 0.1) is 9.39 Å². The molecule has 2 fully saturated rings. The van der Waals surface area contributed by atoms with Gasteiger partial charge in [0.2, 0.25) is 5.91 Å². The van der Waals surface area contributed by atoms with Gasteiger partial charge < -0.3 is 11.1 Å². The van der Waals surface area contributed by atoms with Crippen LogP contribution in [-0.4, -0.2) is 43.6 Å². The highest BCUT2D eigenvalue weighted by Crippen LogP contribution is 2.30. The molecule has 8 nitrogen and oxygen atoms in total. The Balaban J connectivity index is 1.32. The van der Waals surface area contributed by atoms with Crippen LogP contribution in [0.25, 0.3) is 11.0 Å². The maximum Gasteiger partial charge on any atom is 0.333 e. The Kier molecular flexibility index (Phi) is 8.53. The predicted molar refractivity (Wildman–Crippen MR) is 156 cm³/mol. The third-order valence-corrected chi connectivity index (χ3v) is 9.36. The average molecular weight is 652 g/mol. The minimum absolute atomic E-state index is 0.0683. The van der Waals surface area contributed by atoms with Gasteiger partial charge in [-0.3, -0.25) is 18.7 Å². The number of hydrogen-bond donors (Lipinski definition) is 2. The van der Waals surface area contributed by atoms with Gasteiger partial charge in [-0.1, -0.05) is 12.1 Å². The van der Waals surface area contributed by atoms with E-state index in [1.54, 1.807) is 4.57 Å². The van der Waals surface area contributed by atoms with Crippen LogP contribution >= 0.6 is 34.4 Å². The molecule has 1 saturated heterocycles. The van der Waals surface area contributed by atoms with Gasteiger partial charge in [-0.2, -0.15) is 11.8 Å². The molecule has 38 heavy (non-hydrogen) atoms. The first-order valence-electron chi connectivity index (χ1n) is 13.0. The number of fused-ring (bicyclic) bond motifs is 1. The number of carbonyl (C=O) groups is 1. The molecule has 0 radical (unpaired) electrons. The Labute approximate surface area is 237 Å². The minimum atomic E-state index is -0.654. The van der Waals surface area contributed by atoms with Gasteiger partial charge in [0.25, 0.3) is 5.56 Å². The molecular weight excluding hydrogens is 620 g/mol. The maximum absolute atomic E-state index is 14.1. The molecule has 0 bridgehead atoms. The Morgan fingerprint density at radius 2 is 1.74 bits per heavy atom. The lowest BCUT2D eigenvalue weighted by atomic mass is 9.90. The molecular formula is C27H31FIN5O3S. The number of nitrogens with zero attached hydrogens (tertiary/aromatic N) is 3. The van der Waals surface area contributed by atoms with Gasteiger partial charge in [0.1, 0.15) is 11.5 Å². The Bertz CT molecular complexity index is 1430. The van der Waals surface area contributed by atoms with Crippen LogP contribution in [0.4, 0.5) is 4.39 Å². The first kappa shape index (κ1) is 27.3. The molecule has 1 aromatic carbocycles. The number of pyridine rings is 1. The van der Waals surface area contributed by atoms with Crippen molar-refractivity contribution in [2.75, 3.05) is 11.5 Å². The molecule has 3 aromatic rings. The SMILES string of the molecule is N[C@@H](Cc1ccc(I)cc1)C(=O)NC1CCC(n2c(=O)c3cc(F)cnc3n(C3CCSCC3)c2=O)CC1. The predicted octanol–water partition coefficient (Wildman–Crippen LogP) is 3.54. The van der Waals surface area contributed by atoms with Gasteiger partial charge >= 0.3 is 5.69 Å². The van der Waals surface area contributed by atoms with Crippen LogP contribution in [0.1, 0.15) is 56.2 Å². The van der Waals surface area contributed by atoms with E-state index in [0.717, 1.165) is 39.7 Å². The number of carbonyl (C=O) groups excluding carboxylic acids is 1. The molecule has 2 aromatic heterocycles. The van der Waals surface area contributed by atoms with Crippen LogP contribution in [0.15, 0.2) is 46.1 Å². The number of nitrogens with one attached hydrogen (secondary N) is 1. The van der Waals surface area contributed by atoms with Crippen LogP contribution in [-0.2, 0) is 11.2 Å². The fourth-order valence-corrected chi connectivity index (χ4v) is 6.99. The summed E-state index contributed by atoms with van der Waals surface area (Å²) in [6.45, 7) is 0. The van der Waals surface area contributed by atoms with E-state index in [1.807, 2.05) is 36.0 Å². The summed E-state index contributed by atoms with van der Waals surface area (Å²) in [6.07, 6.45) is 5.49. The van der Waals surface area contributed by atoms with E-state index in [2.05, 4.69) is 32.9 Å². The van der Waals surface area contributed by atoms with Crippen molar-refractivity contribution in [3.63, 3.8) is 0 Å². The second kappa shape index (κ2) is 11.9. The topological polar surface area (TPSA) is 112 Å². The van der Waals surface area contributed by atoms with E-state index in [9.17, 15) is 18.8 Å². The van der Waals surface area contributed by atoms with Gasteiger partial charge in [0.15, 0.2) is 0 Å². The molecule has 1 aliphatic carbocycles. The smallest absolute Gasteiger partial charge is 0.333 e. The number of thioether (sulfide) groups is 1. The maximum atomic E-state index is 14.1. The van der Waals surface area contributed by atoms with E-state index in [0.29, 0.717) is 32.1 Å². The van der Waals surface area contributed by atoms with Crippen LogP contribution < -0.4 is 22.3 Å². The number of halogens is 2. The molecule has 1 amide bonds. The lowest BCUT2D eigenvalue weighted by Crippen LogP contribution is -2.49. The number of hydrogen-bond acceptors (Lipinski definition) is 6. The summed E-state index contributed by atoms with van der Waals surface area (Å²) in [4.78, 5) is 44.1. The van der Waals surface area contributed by atoms with Crippen molar-refractivity contribution < 1.29 is 9.18 Å². The molecule has 1 atom stereocenters. The van der Waals surface area contributed by atoms with Gasteiger partial charge in [0.05, 0.1) is 17.6 Å². The van der Waals surface area contributed by atoms with Crippen molar-refractivity contribution in [1.82, 2.24) is 19.4 Å². The third kappa shape index (κ3) is 5.84. The Hall–Kier alpha value is -2.25. The lowest BCUT2D eigenvalue weighted by Gasteiger charge is -2.32. The van der Waals surface area contributed by atoms with E-state index in [-0.39, 0.29) is 40.8 Å². The monoisotopic (exact) mass is 651 g/mol. The molecule has 0 unspecified atom stereocenters. The lowest BCUT2D eigenvalue weighted by molar-refractivity contribution is -0.123. The zero-order valence-corrected chi connectivity index (χ0v) is 23.9. The van der Waals surface area contributed by atoms with E-state index in [1.165, 1.54) is 10.6 Å². The molecule has 1 saturated carbocycles. The molecule has 0 spiro atoms. The summed E-state index contributed by atoms with van der Waals surface area (Å²) >= 11 is 4.08. The van der Waals surface area contributed by atoms with Gasteiger partial charge in [0, 0.05) is 21.7 Å². The van der Waals surface area contributed by atoms with Crippen molar-refractivity contribution >= 4 is 51.3 Å². The fraction of sp³-hybridized carbons (Fsp3) is 0.481. The van der Waals surface area contributed by atoms with Crippen LogP contribution in [0.3, 0.4) is 0 Å². The molecule has 3 heterocycles. The summed E-state index contributed by atoms with van der Waals surface area (Å²) in [5, 5.41) is 3.19. The van der Waals surface area contributed by atoms with Crippen molar-refractivity contribution in [3.8, 4) is 0 Å². The summed E-state index contributed by atoms with van der Waals surface area (Å²) in [6, 6.07) is 8.00. The number of rotatable bonds is 6. The average Bonchev–Trinajstić information content (AvgIpc) is 2.92. The highest BCUT2D eigenvalue weighted by molar-refractivity contribution is 14.1. The first-order chi connectivity index (χ1) is 18.3. The van der Waals surface area contributed by atoms with Gasteiger partial charge in [-0.15, -0.1) is 0 Å². The molecule has 5 rings (SSSR count). The minimum Gasteiger partial charge on any atom is -0.352 e. The number of aromatic nitrogens is 3. The Morgan fingerprint density at radius 3 is 2.42 bits per heavy atom. The molecule has 2 aliphatic rings. The van der Waals surface area contributed by atoms with E-state index >= 15 is 0 Å². The second-order valence-electron chi connectivity index (χ2n) is 10.1. The van der Waals surface area contributed by atoms with E-state index in [4.69, 9.17) is 5.73 Å². The van der Waals surface area contributed by atoms with Gasteiger partial charge in [-0.25, -0.2) is 14.2 Å². The highest BCUT2D eigenvalue weighted by atomic mass is 127. The summed E-state index contributed by atoms with van der Waals surface area (Å²) in [5.74, 6) is 1.05. The third-order valence-electron chi connectivity index (χ3n) is 7.59. The summed E-state index contributed by atoms with van der Waals surface area (Å²) in [5.41, 5.74) is 6.58. The summed E-state index contributed by atoms with van der Waals surface area (Å²) < 4.78 is 18.2. The zero-order chi connectivity index (χ0) is 26.8. The Morgan fingerprint density at radius 1 is 1.08 bits per heavy atom. The molecule has 1 aliphatic heterocycles. The highest BCUT2D eigenvalue weighted by Gasteiger charge is 2.30. The summed E-state index contributed by atoms with van der Waals surface area (Å²) in [7, 11) is 0. The fourth-order valence-electron chi connectivity index (χ4n) is 5.55. The number of amides is 1. The van der Waals surface area contributed by atoms with Crippen molar-refractivity contribution in [2.45, 2.75) is 69.1 Å². The standard InChI is InChI=1S/C27H31FIN5O3S/c28-17-14-22-24(31-15-17)33(21-9-11-38-12-10-21)27(37)34(26(22)36)20-7-5-19(6-8-20)32-25(35)23(30)13-16-1-3-18(29)4-2-16/h1-4,14-15,19-21,23H,5-13,30H2,(H,32,35)/t19?,20?,23-/m0/s1. The van der Waals surface area contributed by atoms with Crippen molar-refractivity contribution in [1.29, 1.82) is 0 Å². The second-order valence-corrected chi connectivity index (χ2v) is 12.6.